The Kier molecular flexibility index (Phi) is 5.59. The van der Waals surface area contributed by atoms with E-state index in [1.807, 2.05) is 30.3 Å². The molecule has 5 heteroatoms. The summed E-state index contributed by atoms with van der Waals surface area (Å²) in [5.74, 6) is 0.464. The number of carbonyl (C=O) groups is 1. The molecule has 0 aliphatic carbocycles. The summed E-state index contributed by atoms with van der Waals surface area (Å²) >= 11 is 0. The molecule has 0 bridgehead atoms. The van der Waals surface area contributed by atoms with Crippen LogP contribution < -0.4 is 5.32 Å². The van der Waals surface area contributed by atoms with Gasteiger partial charge in [0, 0.05) is 19.1 Å². The van der Waals surface area contributed by atoms with E-state index < -0.39 is 6.09 Å². The van der Waals surface area contributed by atoms with E-state index >= 15 is 0 Å². The molecule has 1 amide bonds. The Bertz CT molecular complexity index is 498. The molecule has 112 valence electrons. The molecule has 0 spiro atoms. The molecular weight excluding hydrogens is 266 g/mol. The van der Waals surface area contributed by atoms with Gasteiger partial charge in [0.2, 0.25) is 0 Å². The minimum absolute atomic E-state index is 0.0466. The van der Waals surface area contributed by atoms with Crippen molar-refractivity contribution in [3.63, 3.8) is 0 Å². The number of piperidine rings is 1. The van der Waals surface area contributed by atoms with Gasteiger partial charge in [-0.05, 0) is 17.9 Å². The number of ether oxygens (including phenoxy) is 1. The summed E-state index contributed by atoms with van der Waals surface area (Å²) in [5.41, 5.74) is 0.968. The number of carbonyl (C=O) groups excluding carboxylic acids is 1. The van der Waals surface area contributed by atoms with Crippen molar-refractivity contribution in [2.75, 3.05) is 19.6 Å². The van der Waals surface area contributed by atoms with Crippen molar-refractivity contribution in [2.45, 2.75) is 26.0 Å². The van der Waals surface area contributed by atoms with Crippen LogP contribution in [0.4, 0.5) is 4.79 Å². The standard InChI is InChI=1S/C16H21N3O2/c1-13-9-15(11-19(10-13)8-7-17)18-16(20)21-12-14-5-3-2-4-6-14/h2-6,13,15H,8-12H2,1H3,(H,18,20). The van der Waals surface area contributed by atoms with Crippen LogP contribution in [0.25, 0.3) is 0 Å². The Morgan fingerprint density at radius 3 is 2.90 bits per heavy atom. The molecule has 2 atom stereocenters. The van der Waals surface area contributed by atoms with Gasteiger partial charge < -0.3 is 10.1 Å². The third-order valence-corrected chi connectivity index (χ3v) is 3.56. The van der Waals surface area contributed by atoms with E-state index in [9.17, 15) is 4.79 Å². The van der Waals surface area contributed by atoms with E-state index in [-0.39, 0.29) is 12.6 Å². The zero-order chi connectivity index (χ0) is 15.1. The van der Waals surface area contributed by atoms with Gasteiger partial charge in [-0.25, -0.2) is 4.79 Å². The smallest absolute Gasteiger partial charge is 0.407 e. The van der Waals surface area contributed by atoms with Gasteiger partial charge in [-0.1, -0.05) is 37.3 Å². The highest BCUT2D eigenvalue weighted by molar-refractivity contribution is 5.67. The highest BCUT2D eigenvalue weighted by Gasteiger charge is 2.25. The monoisotopic (exact) mass is 287 g/mol. The second-order valence-electron chi connectivity index (χ2n) is 5.60. The number of rotatable bonds is 4. The second kappa shape index (κ2) is 7.65. The van der Waals surface area contributed by atoms with Crippen molar-refractivity contribution in [3.05, 3.63) is 35.9 Å². The van der Waals surface area contributed by atoms with Crippen LogP contribution in [0.3, 0.4) is 0 Å². The van der Waals surface area contributed by atoms with E-state index in [1.165, 1.54) is 0 Å². The third kappa shape index (κ3) is 5.09. The number of hydrogen-bond acceptors (Lipinski definition) is 4. The summed E-state index contributed by atoms with van der Waals surface area (Å²) in [7, 11) is 0. The van der Waals surface area contributed by atoms with Crippen LogP contribution in [0.5, 0.6) is 0 Å². The lowest BCUT2D eigenvalue weighted by Gasteiger charge is -2.35. The average Bonchev–Trinajstić information content (AvgIpc) is 2.46. The van der Waals surface area contributed by atoms with Crippen molar-refractivity contribution in [1.29, 1.82) is 5.26 Å². The minimum Gasteiger partial charge on any atom is -0.445 e. The van der Waals surface area contributed by atoms with Gasteiger partial charge in [0.05, 0.1) is 12.6 Å². The van der Waals surface area contributed by atoms with Crippen LogP contribution in [-0.4, -0.2) is 36.7 Å². The normalized spacial score (nSPS) is 22.3. The molecule has 1 N–H and O–H groups in total. The van der Waals surface area contributed by atoms with Crippen molar-refractivity contribution < 1.29 is 9.53 Å². The Balaban J connectivity index is 1.78. The molecule has 1 fully saturated rings. The molecule has 5 nitrogen and oxygen atoms in total. The zero-order valence-electron chi connectivity index (χ0n) is 12.3. The Morgan fingerprint density at radius 2 is 2.19 bits per heavy atom. The molecule has 0 radical (unpaired) electrons. The van der Waals surface area contributed by atoms with Crippen LogP contribution in [-0.2, 0) is 11.3 Å². The first kappa shape index (κ1) is 15.3. The number of nitrogens with one attached hydrogen (secondary N) is 1. The Hall–Kier alpha value is -2.06. The highest BCUT2D eigenvalue weighted by Crippen LogP contribution is 2.16. The topological polar surface area (TPSA) is 65.4 Å². The van der Waals surface area contributed by atoms with Gasteiger partial charge in [-0.15, -0.1) is 0 Å². The lowest BCUT2D eigenvalue weighted by Crippen LogP contribution is -2.50. The molecule has 1 aromatic rings. The van der Waals surface area contributed by atoms with Gasteiger partial charge >= 0.3 is 6.09 Å². The Morgan fingerprint density at radius 1 is 1.43 bits per heavy atom. The lowest BCUT2D eigenvalue weighted by atomic mass is 9.96. The Labute approximate surface area is 125 Å². The van der Waals surface area contributed by atoms with Crippen LogP contribution in [0.1, 0.15) is 18.9 Å². The van der Waals surface area contributed by atoms with Gasteiger partial charge in [0.15, 0.2) is 0 Å². The largest absolute Gasteiger partial charge is 0.445 e. The number of alkyl carbamates (subject to hydrolysis) is 1. The molecule has 1 aliphatic heterocycles. The number of amides is 1. The van der Waals surface area contributed by atoms with Gasteiger partial charge in [-0.3, -0.25) is 4.90 Å². The van der Waals surface area contributed by atoms with Crippen LogP contribution in [0, 0.1) is 17.2 Å². The number of nitrogens with zero attached hydrogens (tertiary/aromatic N) is 2. The molecule has 0 aromatic heterocycles. The van der Waals surface area contributed by atoms with E-state index in [0.717, 1.165) is 18.5 Å². The number of nitriles is 1. The summed E-state index contributed by atoms with van der Waals surface area (Å²) in [5, 5.41) is 11.7. The summed E-state index contributed by atoms with van der Waals surface area (Å²) < 4.78 is 5.23. The summed E-state index contributed by atoms with van der Waals surface area (Å²) in [4.78, 5) is 13.9. The molecule has 1 saturated heterocycles. The molecule has 1 aromatic carbocycles. The van der Waals surface area contributed by atoms with E-state index in [0.29, 0.717) is 19.0 Å². The number of benzene rings is 1. The maximum atomic E-state index is 11.8. The van der Waals surface area contributed by atoms with Crippen molar-refractivity contribution in [2.24, 2.45) is 5.92 Å². The molecule has 1 aliphatic rings. The zero-order valence-corrected chi connectivity index (χ0v) is 12.3. The first-order valence-electron chi connectivity index (χ1n) is 7.24. The van der Waals surface area contributed by atoms with Crippen molar-refractivity contribution in [3.8, 4) is 6.07 Å². The average molecular weight is 287 g/mol. The van der Waals surface area contributed by atoms with Crippen LogP contribution >= 0.6 is 0 Å². The van der Waals surface area contributed by atoms with Crippen molar-refractivity contribution >= 4 is 6.09 Å². The molecular formula is C16H21N3O2. The fourth-order valence-electron chi connectivity index (χ4n) is 2.73. The van der Waals surface area contributed by atoms with Gasteiger partial charge in [0.1, 0.15) is 6.61 Å². The van der Waals surface area contributed by atoms with Crippen LogP contribution in [0.2, 0.25) is 0 Å². The minimum atomic E-state index is -0.394. The predicted molar refractivity (Wildman–Crippen MR) is 79.4 cm³/mol. The summed E-state index contributed by atoms with van der Waals surface area (Å²) in [6.07, 6.45) is 0.525. The SMILES string of the molecule is CC1CC(NC(=O)OCc2ccccc2)CN(CC#N)C1. The van der Waals surface area contributed by atoms with Crippen molar-refractivity contribution in [1.82, 2.24) is 10.2 Å². The maximum Gasteiger partial charge on any atom is 0.407 e. The first-order chi connectivity index (χ1) is 10.2. The molecule has 21 heavy (non-hydrogen) atoms. The fourth-order valence-corrected chi connectivity index (χ4v) is 2.73. The van der Waals surface area contributed by atoms with E-state index in [4.69, 9.17) is 10.00 Å². The summed E-state index contributed by atoms with van der Waals surface area (Å²) in [6, 6.07) is 11.8. The lowest BCUT2D eigenvalue weighted by molar-refractivity contribution is 0.118. The van der Waals surface area contributed by atoms with Gasteiger partial charge in [-0.2, -0.15) is 5.26 Å². The van der Waals surface area contributed by atoms with E-state index in [1.54, 1.807) is 0 Å². The van der Waals surface area contributed by atoms with Gasteiger partial charge in [0.25, 0.3) is 0 Å². The highest BCUT2D eigenvalue weighted by atomic mass is 16.5. The first-order valence-corrected chi connectivity index (χ1v) is 7.24. The number of likely N-dealkylation sites (tertiary alicyclic amines) is 1. The maximum absolute atomic E-state index is 11.8. The molecule has 2 rings (SSSR count). The fraction of sp³-hybridized carbons (Fsp3) is 0.500. The van der Waals surface area contributed by atoms with E-state index in [2.05, 4.69) is 23.2 Å². The summed E-state index contributed by atoms with van der Waals surface area (Å²) in [6.45, 7) is 4.43. The number of hydrogen-bond donors (Lipinski definition) is 1. The predicted octanol–water partition coefficient (Wildman–Crippen LogP) is 2.15. The quantitative estimate of drug-likeness (QED) is 0.862. The third-order valence-electron chi connectivity index (χ3n) is 3.56. The molecule has 0 saturated carbocycles. The second-order valence-corrected chi connectivity index (χ2v) is 5.60. The molecule has 2 unspecified atom stereocenters. The molecule has 1 heterocycles. The van der Waals surface area contributed by atoms with Crippen LogP contribution in [0.15, 0.2) is 30.3 Å².